The van der Waals surface area contributed by atoms with Crippen LogP contribution < -0.4 is 0 Å². The van der Waals surface area contributed by atoms with Crippen LogP contribution in [0, 0.1) is 11.6 Å². The van der Waals surface area contributed by atoms with Crippen LogP contribution in [0.25, 0.3) is 28.2 Å². The molecule has 0 saturated heterocycles. The van der Waals surface area contributed by atoms with Crippen LogP contribution in [0.1, 0.15) is 26.5 Å². The van der Waals surface area contributed by atoms with E-state index in [1.165, 1.54) is 29.0 Å². The van der Waals surface area contributed by atoms with Gasteiger partial charge in [0.15, 0.2) is 0 Å². The molecule has 0 amide bonds. The Morgan fingerprint density at radius 2 is 1.73 bits per heavy atom. The first-order valence-electron chi connectivity index (χ1n) is 10.5. The molecular weight excluding hydrogens is 462 g/mol. The number of aromatic nitrogens is 2. The predicted octanol–water partition coefficient (Wildman–Crippen LogP) is 7.48. The van der Waals surface area contributed by atoms with Crippen LogP contribution in [0.2, 0.25) is 5.02 Å². The molecule has 0 aliphatic carbocycles. The summed E-state index contributed by atoms with van der Waals surface area (Å²) in [7, 11) is 0. The molecule has 0 spiro atoms. The van der Waals surface area contributed by atoms with Crippen molar-refractivity contribution in [2.24, 2.45) is 0 Å². The molecule has 0 aliphatic heterocycles. The molecule has 3 nitrogen and oxygen atoms in total. The molecule has 0 atom stereocenters. The van der Waals surface area contributed by atoms with E-state index in [-0.39, 0.29) is 27.8 Å². The summed E-state index contributed by atoms with van der Waals surface area (Å²) >= 11 is 8.00. The Bertz CT molecular complexity index is 1290. The van der Waals surface area contributed by atoms with Gasteiger partial charge in [-0.1, -0.05) is 42.8 Å². The summed E-state index contributed by atoms with van der Waals surface area (Å²) in [5.74, 6) is -0.0287. The van der Waals surface area contributed by atoms with E-state index in [1.807, 2.05) is 30.3 Å². The average molecular weight is 485 g/mol. The van der Waals surface area contributed by atoms with Crippen molar-refractivity contribution < 1.29 is 13.9 Å². The Labute approximate surface area is 201 Å². The number of hydrogen-bond donors (Lipinski definition) is 1. The van der Waals surface area contributed by atoms with Crippen molar-refractivity contribution in [2.45, 2.75) is 31.3 Å². The summed E-state index contributed by atoms with van der Waals surface area (Å²) in [6.07, 6.45) is 1.51. The normalized spacial score (nSPS) is 11.7. The molecule has 0 unspecified atom stereocenters. The van der Waals surface area contributed by atoms with Gasteiger partial charge in [-0.15, -0.1) is 11.8 Å². The van der Waals surface area contributed by atoms with E-state index in [1.54, 1.807) is 37.7 Å². The fraction of sp³-hybridized carbons (Fsp3) is 0.192. The van der Waals surface area contributed by atoms with Gasteiger partial charge in [-0.2, -0.15) is 0 Å². The number of benzene rings is 3. The molecule has 0 saturated carbocycles. The molecule has 33 heavy (non-hydrogen) atoms. The first kappa shape index (κ1) is 23.5. The van der Waals surface area contributed by atoms with Crippen LogP contribution in [0.5, 0.6) is 0 Å². The third-order valence-corrected chi connectivity index (χ3v) is 6.40. The third kappa shape index (κ3) is 4.83. The fourth-order valence-electron chi connectivity index (χ4n) is 3.56. The molecular formula is C26H23ClF2N2OS. The van der Waals surface area contributed by atoms with E-state index in [0.29, 0.717) is 0 Å². The summed E-state index contributed by atoms with van der Waals surface area (Å²) in [5.41, 5.74) is 0.801. The highest BCUT2D eigenvalue weighted by atomic mass is 35.5. The molecule has 0 bridgehead atoms. The van der Waals surface area contributed by atoms with Gasteiger partial charge >= 0.3 is 0 Å². The van der Waals surface area contributed by atoms with E-state index in [9.17, 15) is 9.50 Å². The summed E-state index contributed by atoms with van der Waals surface area (Å²) in [4.78, 5) is 5.53. The van der Waals surface area contributed by atoms with Crippen molar-refractivity contribution >= 4 is 23.4 Å². The monoisotopic (exact) mass is 484 g/mol. The Kier molecular flexibility index (Phi) is 6.61. The first-order chi connectivity index (χ1) is 15.7. The molecule has 0 radical (unpaired) electrons. The molecule has 0 fully saturated rings. The van der Waals surface area contributed by atoms with Crippen LogP contribution in [0.4, 0.5) is 8.78 Å². The molecule has 1 heterocycles. The van der Waals surface area contributed by atoms with E-state index in [0.717, 1.165) is 21.8 Å². The predicted molar refractivity (Wildman–Crippen MR) is 131 cm³/mol. The molecule has 4 aromatic rings. The fourth-order valence-corrected chi connectivity index (χ4v) is 4.53. The van der Waals surface area contributed by atoms with Gasteiger partial charge in [0, 0.05) is 11.1 Å². The highest BCUT2D eigenvalue weighted by Gasteiger charge is 2.26. The van der Waals surface area contributed by atoms with Crippen molar-refractivity contribution in [1.29, 1.82) is 0 Å². The van der Waals surface area contributed by atoms with Gasteiger partial charge in [0.1, 0.15) is 23.1 Å². The van der Waals surface area contributed by atoms with E-state index in [4.69, 9.17) is 11.6 Å². The van der Waals surface area contributed by atoms with Crippen molar-refractivity contribution in [1.82, 2.24) is 9.55 Å². The van der Waals surface area contributed by atoms with Gasteiger partial charge in [-0.3, -0.25) is 4.57 Å². The highest BCUT2D eigenvalue weighted by molar-refractivity contribution is 7.99. The van der Waals surface area contributed by atoms with Crippen molar-refractivity contribution in [2.75, 3.05) is 5.75 Å². The van der Waals surface area contributed by atoms with Gasteiger partial charge in [0.2, 0.25) is 0 Å². The van der Waals surface area contributed by atoms with Gasteiger partial charge < -0.3 is 5.11 Å². The standard InChI is InChI=1S/C26H23ClF2N2OS/c1-4-33-18-8-5-7-16(13-18)17-11-12-22(21(29)14-17)31-15-23(26(2,3)32)30-25(31)24-19(27)9-6-10-20(24)28/h5-15,32H,4H2,1-3H3. The summed E-state index contributed by atoms with van der Waals surface area (Å²) in [5, 5.41) is 10.6. The Balaban J connectivity index is 1.86. The van der Waals surface area contributed by atoms with Crippen molar-refractivity contribution in [3.63, 3.8) is 0 Å². The molecule has 3 aromatic carbocycles. The van der Waals surface area contributed by atoms with Crippen molar-refractivity contribution in [3.05, 3.63) is 89.2 Å². The molecule has 4 rings (SSSR count). The summed E-state index contributed by atoms with van der Waals surface area (Å²) < 4.78 is 31.6. The Hall–Kier alpha value is -2.67. The zero-order valence-corrected chi connectivity index (χ0v) is 20.0. The zero-order valence-electron chi connectivity index (χ0n) is 18.4. The maximum atomic E-state index is 15.4. The maximum Gasteiger partial charge on any atom is 0.149 e. The minimum Gasteiger partial charge on any atom is -0.384 e. The lowest BCUT2D eigenvalue weighted by molar-refractivity contribution is 0.0743. The van der Waals surface area contributed by atoms with Gasteiger partial charge in [0.25, 0.3) is 0 Å². The number of hydrogen-bond acceptors (Lipinski definition) is 3. The van der Waals surface area contributed by atoms with E-state index in [2.05, 4.69) is 11.9 Å². The molecule has 170 valence electrons. The average Bonchev–Trinajstić information content (AvgIpc) is 3.19. The number of imidazole rings is 1. The lowest BCUT2D eigenvalue weighted by Gasteiger charge is -2.13. The molecule has 1 aromatic heterocycles. The smallest absolute Gasteiger partial charge is 0.149 e. The second kappa shape index (κ2) is 9.29. The molecule has 1 N–H and O–H groups in total. The Morgan fingerprint density at radius 3 is 2.39 bits per heavy atom. The lowest BCUT2D eigenvalue weighted by Crippen LogP contribution is -2.15. The number of nitrogens with zero attached hydrogens (tertiary/aromatic N) is 2. The second-order valence-corrected chi connectivity index (χ2v) is 9.85. The van der Waals surface area contributed by atoms with Gasteiger partial charge in [-0.05, 0) is 67.1 Å². The van der Waals surface area contributed by atoms with Crippen LogP contribution in [-0.2, 0) is 5.60 Å². The molecule has 0 aliphatic rings. The minimum atomic E-state index is -1.31. The van der Waals surface area contributed by atoms with Gasteiger partial charge in [0.05, 0.1) is 22.0 Å². The van der Waals surface area contributed by atoms with Crippen molar-refractivity contribution in [3.8, 4) is 28.2 Å². The Morgan fingerprint density at radius 1 is 1.00 bits per heavy atom. The quantitative estimate of drug-likeness (QED) is 0.288. The lowest BCUT2D eigenvalue weighted by atomic mass is 10.0. The zero-order chi connectivity index (χ0) is 23.8. The number of aliphatic hydroxyl groups is 1. The minimum absolute atomic E-state index is 0.0439. The molecule has 7 heteroatoms. The largest absolute Gasteiger partial charge is 0.384 e. The number of halogens is 3. The first-order valence-corrected chi connectivity index (χ1v) is 11.8. The van der Waals surface area contributed by atoms with Crippen LogP contribution >= 0.6 is 23.4 Å². The number of thioether (sulfide) groups is 1. The van der Waals surface area contributed by atoms with Crippen LogP contribution in [0.15, 0.2) is 71.8 Å². The summed E-state index contributed by atoms with van der Waals surface area (Å²) in [6, 6.07) is 17.1. The number of rotatable bonds is 6. The maximum absolute atomic E-state index is 15.4. The van der Waals surface area contributed by atoms with E-state index < -0.39 is 17.2 Å². The summed E-state index contributed by atoms with van der Waals surface area (Å²) in [6.45, 7) is 5.21. The van der Waals surface area contributed by atoms with Crippen LogP contribution in [-0.4, -0.2) is 20.4 Å². The van der Waals surface area contributed by atoms with E-state index >= 15 is 4.39 Å². The second-order valence-electron chi connectivity index (χ2n) is 8.10. The van der Waals surface area contributed by atoms with Gasteiger partial charge in [-0.25, -0.2) is 13.8 Å². The van der Waals surface area contributed by atoms with Crippen LogP contribution in [0.3, 0.4) is 0 Å². The SMILES string of the molecule is CCSc1cccc(-c2ccc(-n3cc(C(C)(C)O)nc3-c3c(F)cccc3Cl)c(F)c2)c1. The topological polar surface area (TPSA) is 38.0 Å². The third-order valence-electron chi connectivity index (χ3n) is 5.20. The highest BCUT2D eigenvalue weighted by Crippen LogP contribution is 2.35.